The number of fused-ring (bicyclic) bond motifs is 1. The smallest absolute Gasteiger partial charge is 0.345 e. The van der Waals surface area contributed by atoms with Crippen molar-refractivity contribution < 1.29 is 18.7 Å². The average molecular weight is 306 g/mol. The first-order chi connectivity index (χ1) is 10.2. The number of hydrogen-bond acceptors (Lipinski definition) is 7. The van der Waals surface area contributed by atoms with Crippen LogP contribution in [-0.4, -0.2) is 28.0 Å². The van der Waals surface area contributed by atoms with Crippen molar-refractivity contribution >= 4 is 28.7 Å². The average Bonchev–Trinajstić information content (AvgIpc) is 2.96. The molecule has 2 heterocycles. The van der Waals surface area contributed by atoms with Crippen LogP contribution < -0.4 is 4.74 Å². The molecule has 8 heteroatoms. The summed E-state index contributed by atoms with van der Waals surface area (Å²) in [6.45, 7) is 0. The monoisotopic (exact) mass is 305 g/mol. The molecule has 3 rings (SSSR count). The fourth-order valence-electron chi connectivity index (χ4n) is 1.72. The number of para-hydroxylation sites is 1. The maximum absolute atomic E-state index is 11.7. The van der Waals surface area contributed by atoms with Gasteiger partial charge in [0.05, 0.1) is 13.3 Å². The first-order valence-electron chi connectivity index (χ1n) is 5.80. The van der Waals surface area contributed by atoms with Crippen molar-refractivity contribution in [2.45, 2.75) is 0 Å². The van der Waals surface area contributed by atoms with Gasteiger partial charge in [0.1, 0.15) is 5.56 Å². The molecular formula is C13H8ClN3O4. The van der Waals surface area contributed by atoms with Gasteiger partial charge in [-0.15, -0.1) is 0 Å². The molecule has 2 aromatic heterocycles. The summed E-state index contributed by atoms with van der Waals surface area (Å²) in [6.07, 6.45) is 2.53. The van der Waals surface area contributed by atoms with Crippen molar-refractivity contribution in [2.24, 2.45) is 0 Å². The number of nitrogens with zero attached hydrogens (tertiary/aromatic N) is 3. The highest BCUT2D eigenvalue weighted by atomic mass is 35.5. The van der Waals surface area contributed by atoms with Crippen molar-refractivity contribution in [3.63, 3.8) is 0 Å². The molecule has 0 spiro atoms. The molecule has 0 fully saturated rings. The number of carbonyl (C=O) groups is 1. The van der Waals surface area contributed by atoms with Gasteiger partial charge in [-0.05, 0) is 23.7 Å². The number of halogens is 1. The van der Waals surface area contributed by atoms with Crippen molar-refractivity contribution in [1.82, 2.24) is 15.0 Å². The Morgan fingerprint density at radius 2 is 2.19 bits per heavy atom. The van der Waals surface area contributed by atoms with E-state index in [4.69, 9.17) is 20.8 Å². The predicted molar refractivity (Wildman–Crippen MR) is 72.5 cm³/mol. The van der Waals surface area contributed by atoms with E-state index in [1.807, 2.05) is 0 Å². The van der Waals surface area contributed by atoms with Crippen LogP contribution in [0.25, 0.3) is 11.1 Å². The van der Waals surface area contributed by atoms with Crippen molar-refractivity contribution in [3.8, 4) is 11.6 Å². The topological polar surface area (TPSA) is 87.3 Å². The summed E-state index contributed by atoms with van der Waals surface area (Å²) >= 11 is 5.74. The zero-order chi connectivity index (χ0) is 14.8. The molecule has 21 heavy (non-hydrogen) atoms. The molecule has 0 unspecified atom stereocenters. The van der Waals surface area contributed by atoms with Crippen LogP contribution in [0.15, 0.2) is 35.2 Å². The number of oxazole rings is 1. The van der Waals surface area contributed by atoms with Gasteiger partial charge in [0.15, 0.2) is 23.2 Å². The lowest BCUT2D eigenvalue weighted by Crippen LogP contribution is -2.06. The highest BCUT2D eigenvalue weighted by molar-refractivity contribution is 6.28. The van der Waals surface area contributed by atoms with Gasteiger partial charge in [-0.3, -0.25) is 0 Å². The Bertz CT molecular complexity index is 818. The van der Waals surface area contributed by atoms with Gasteiger partial charge >= 0.3 is 5.97 Å². The quantitative estimate of drug-likeness (QED) is 0.543. The van der Waals surface area contributed by atoms with Crippen LogP contribution >= 0.6 is 11.6 Å². The molecule has 0 radical (unpaired) electrons. The zero-order valence-electron chi connectivity index (χ0n) is 10.7. The molecule has 3 aromatic rings. The molecular weight excluding hydrogens is 298 g/mol. The summed E-state index contributed by atoms with van der Waals surface area (Å²) in [5.41, 5.74) is 1.11. The Balaban J connectivity index is 2.07. The number of carbonyl (C=O) groups excluding carboxylic acids is 1. The van der Waals surface area contributed by atoms with E-state index >= 15 is 0 Å². The van der Waals surface area contributed by atoms with Gasteiger partial charge in [-0.2, -0.15) is 4.98 Å². The van der Waals surface area contributed by atoms with Gasteiger partial charge in [0, 0.05) is 0 Å². The predicted octanol–water partition coefficient (Wildman–Crippen LogP) is 2.85. The minimum absolute atomic E-state index is 0.0163. The molecule has 0 aliphatic heterocycles. The minimum atomic E-state index is -0.631. The van der Waals surface area contributed by atoms with Crippen LogP contribution in [0.2, 0.25) is 5.28 Å². The number of benzene rings is 1. The third-order valence-electron chi connectivity index (χ3n) is 2.66. The third-order valence-corrected chi connectivity index (χ3v) is 2.84. The second-order valence-electron chi connectivity index (χ2n) is 3.91. The van der Waals surface area contributed by atoms with Crippen LogP contribution in [0.4, 0.5) is 0 Å². The third kappa shape index (κ3) is 2.50. The second kappa shape index (κ2) is 5.37. The highest BCUT2D eigenvalue weighted by Gasteiger charge is 2.18. The first-order valence-corrected chi connectivity index (χ1v) is 6.18. The zero-order valence-corrected chi connectivity index (χ0v) is 11.5. The lowest BCUT2D eigenvalue weighted by Gasteiger charge is -2.08. The summed E-state index contributed by atoms with van der Waals surface area (Å²) in [6, 6.07) is 5.13. The van der Waals surface area contributed by atoms with Crippen LogP contribution in [0, 0.1) is 0 Å². The Kier molecular flexibility index (Phi) is 3.41. The summed E-state index contributed by atoms with van der Waals surface area (Å²) < 4.78 is 15.5. The van der Waals surface area contributed by atoms with E-state index in [1.54, 1.807) is 18.2 Å². The lowest BCUT2D eigenvalue weighted by atomic mass is 10.3. The highest BCUT2D eigenvalue weighted by Crippen LogP contribution is 2.30. The summed E-state index contributed by atoms with van der Waals surface area (Å²) in [5.74, 6) is -0.271. The molecule has 7 nitrogen and oxygen atoms in total. The number of ether oxygens (including phenoxy) is 2. The molecule has 0 saturated heterocycles. The number of rotatable bonds is 3. The van der Waals surface area contributed by atoms with Gasteiger partial charge < -0.3 is 13.9 Å². The standard InChI is InChI=1S/C13H8ClN3O4/c1-19-12(18)7-5-15-13(14)17-11(7)21-9-4-2-3-8-10(9)16-6-20-8/h2-6H,1H3. The van der Waals surface area contributed by atoms with Crippen LogP contribution in [0.5, 0.6) is 11.6 Å². The minimum Gasteiger partial charge on any atom is -0.465 e. The Morgan fingerprint density at radius 3 is 3.00 bits per heavy atom. The van der Waals surface area contributed by atoms with E-state index in [9.17, 15) is 4.79 Å². The first kappa shape index (κ1) is 13.3. The second-order valence-corrected chi connectivity index (χ2v) is 4.24. The number of methoxy groups -OCH3 is 1. The van der Waals surface area contributed by atoms with E-state index in [0.717, 1.165) is 0 Å². The molecule has 0 aliphatic carbocycles. The SMILES string of the molecule is COC(=O)c1cnc(Cl)nc1Oc1cccc2ocnc12. The molecule has 0 bridgehead atoms. The maximum atomic E-state index is 11.7. The van der Waals surface area contributed by atoms with Crippen molar-refractivity contribution in [2.75, 3.05) is 7.11 Å². The summed E-state index contributed by atoms with van der Waals surface area (Å²) in [4.78, 5) is 23.4. The van der Waals surface area contributed by atoms with E-state index < -0.39 is 5.97 Å². The largest absolute Gasteiger partial charge is 0.465 e. The summed E-state index contributed by atoms with van der Waals surface area (Å²) in [7, 11) is 1.25. The van der Waals surface area contributed by atoms with E-state index in [2.05, 4.69) is 19.7 Å². The molecule has 0 atom stereocenters. The Labute approximate surface area is 123 Å². The fraction of sp³-hybridized carbons (Fsp3) is 0.0769. The van der Waals surface area contributed by atoms with Gasteiger partial charge in [-0.1, -0.05) is 6.07 Å². The molecule has 1 aromatic carbocycles. The summed E-state index contributed by atoms with van der Waals surface area (Å²) in [5, 5.41) is -0.0509. The van der Waals surface area contributed by atoms with Gasteiger partial charge in [0.2, 0.25) is 11.2 Å². The lowest BCUT2D eigenvalue weighted by molar-refractivity contribution is 0.0596. The van der Waals surface area contributed by atoms with E-state index in [0.29, 0.717) is 16.8 Å². The Hall–Kier alpha value is -2.67. The molecule has 0 saturated carbocycles. The number of hydrogen-bond donors (Lipinski definition) is 0. The van der Waals surface area contributed by atoms with E-state index in [1.165, 1.54) is 19.7 Å². The van der Waals surface area contributed by atoms with Crippen LogP contribution in [-0.2, 0) is 4.74 Å². The van der Waals surface area contributed by atoms with Crippen LogP contribution in [0.3, 0.4) is 0 Å². The molecule has 0 N–H and O–H groups in total. The number of esters is 1. The Morgan fingerprint density at radius 1 is 1.33 bits per heavy atom. The van der Waals surface area contributed by atoms with E-state index in [-0.39, 0.29) is 16.7 Å². The van der Waals surface area contributed by atoms with Gasteiger partial charge in [-0.25, -0.2) is 14.8 Å². The van der Waals surface area contributed by atoms with Crippen LogP contribution in [0.1, 0.15) is 10.4 Å². The maximum Gasteiger partial charge on any atom is 0.345 e. The van der Waals surface area contributed by atoms with Gasteiger partial charge in [0.25, 0.3) is 0 Å². The normalized spacial score (nSPS) is 10.6. The van der Waals surface area contributed by atoms with Crippen molar-refractivity contribution in [1.29, 1.82) is 0 Å². The van der Waals surface area contributed by atoms with Crippen molar-refractivity contribution in [3.05, 3.63) is 41.6 Å². The molecule has 106 valence electrons. The molecule has 0 amide bonds. The number of aromatic nitrogens is 3. The molecule has 0 aliphatic rings. The fourth-order valence-corrected chi connectivity index (χ4v) is 1.85.